The van der Waals surface area contributed by atoms with Gasteiger partial charge in [-0.05, 0) is 48.4 Å². The molecule has 3 aromatic rings. The third-order valence-electron chi connectivity index (χ3n) is 6.34. The van der Waals surface area contributed by atoms with Crippen molar-refractivity contribution in [3.05, 3.63) is 74.5 Å². The number of rotatable bonds is 9. The molecule has 0 aliphatic carbocycles. The Morgan fingerprint density at radius 2 is 1.70 bits per heavy atom. The molecule has 1 aliphatic rings. The first kappa shape index (κ1) is 32.4. The Morgan fingerprint density at radius 3 is 2.26 bits per heavy atom. The minimum Gasteiger partial charge on any atom is -0.374 e. The van der Waals surface area contributed by atoms with Crippen molar-refractivity contribution >= 4 is 40.8 Å². The van der Waals surface area contributed by atoms with E-state index in [1.54, 1.807) is 0 Å². The minimum atomic E-state index is -4.95. The predicted octanol–water partition coefficient (Wildman–Crippen LogP) is 7.61. The molecule has 1 amide bonds. The van der Waals surface area contributed by atoms with E-state index in [4.69, 9.17) is 28.0 Å². The van der Waals surface area contributed by atoms with Crippen LogP contribution in [0, 0.1) is 6.92 Å². The number of nitrogens with one attached hydrogen (secondary N) is 1. The normalized spacial score (nSPS) is 18.5. The van der Waals surface area contributed by atoms with E-state index in [9.17, 15) is 44.3 Å². The summed E-state index contributed by atoms with van der Waals surface area (Å²) in [5.74, 6) is -2.66. The third kappa shape index (κ3) is 6.69. The van der Waals surface area contributed by atoms with Crippen LogP contribution in [0.2, 0.25) is 10.0 Å². The highest BCUT2D eigenvalue weighted by Gasteiger charge is 2.62. The zero-order valence-corrected chi connectivity index (χ0v) is 23.0. The van der Waals surface area contributed by atoms with Crippen molar-refractivity contribution in [3.8, 4) is 0 Å². The lowest BCUT2D eigenvalue weighted by Crippen LogP contribution is -2.42. The number of aromatic nitrogens is 3. The Hall–Kier alpha value is -3.53. The minimum absolute atomic E-state index is 0.0596. The quantitative estimate of drug-likeness (QED) is 0.240. The second kappa shape index (κ2) is 12.2. The summed E-state index contributed by atoms with van der Waals surface area (Å²) in [6, 6.07) is 7.10. The predicted molar refractivity (Wildman–Crippen MR) is 136 cm³/mol. The number of benzene rings is 2. The highest BCUT2D eigenvalue weighted by atomic mass is 35.5. The number of carbonyl (C=O) groups is 1. The molecule has 1 aromatic heterocycles. The summed E-state index contributed by atoms with van der Waals surface area (Å²) in [6.45, 7) is 1.41. The maximum Gasteiger partial charge on any atom is 0.435 e. The van der Waals surface area contributed by atoms with Gasteiger partial charge in [0.05, 0.1) is 5.71 Å². The first-order valence-corrected chi connectivity index (χ1v) is 12.8. The number of anilines is 1. The second-order valence-electron chi connectivity index (χ2n) is 9.33. The molecule has 0 spiro atoms. The molecule has 3 atom stereocenters. The average molecular weight is 662 g/mol. The molecule has 43 heavy (non-hydrogen) atoms. The Labute approximate surface area is 246 Å². The lowest BCUT2D eigenvalue weighted by Gasteiger charge is -2.29. The van der Waals surface area contributed by atoms with Gasteiger partial charge in [-0.25, -0.2) is 31.0 Å². The van der Waals surface area contributed by atoms with Gasteiger partial charge >= 0.3 is 6.18 Å². The van der Waals surface area contributed by atoms with Crippen LogP contribution in [0.3, 0.4) is 0 Å². The topological polar surface area (TPSA) is 81.4 Å². The molecule has 7 nitrogen and oxygen atoms in total. The molecule has 1 N–H and O–H groups in total. The number of oxime groups is 1. The number of alkyl halides is 9. The van der Waals surface area contributed by atoms with Crippen LogP contribution in [0.1, 0.15) is 45.6 Å². The molecule has 4 rings (SSSR count). The van der Waals surface area contributed by atoms with Crippen LogP contribution in [0.5, 0.6) is 0 Å². The first-order valence-electron chi connectivity index (χ1n) is 12.0. The van der Waals surface area contributed by atoms with Crippen LogP contribution in [-0.2, 0) is 16.9 Å². The second-order valence-corrected chi connectivity index (χ2v) is 10.2. The number of hydrogen-bond acceptors (Lipinski definition) is 5. The van der Waals surface area contributed by atoms with Crippen LogP contribution >= 0.6 is 23.2 Å². The molecule has 0 saturated heterocycles. The summed E-state index contributed by atoms with van der Waals surface area (Å²) in [5.41, 5.74) is -3.19. The van der Waals surface area contributed by atoms with Crippen molar-refractivity contribution in [1.82, 2.24) is 14.8 Å². The van der Waals surface area contributed by atoms with Crippen molar-refractivity contribution < 1.29 is 49.1 Å². The smallest absolute Gasteiger partial charge is 0.374 e. The van der Waals surface area contributed by atoms with Gasteiger partial charge in [0, 0.05) is 34.0 Å². The highest BCUT2D eigenvalue weighted by Crippen LogP contribution is 2.49. The van der Waals surface area contributed by atoms with Crippen molar-refractivity contribution in [1.29, 1.82) is 0 Å². The van der Waals surface area contributed by atoms with E-state index in [1.807, 2.05) is 0 Å². The summed E-state index contributed by atoms with van der Waals surface area (Å²) < 4.78 is 121. The van der Waals surface area contributed by atoms with Gasteiger partial charge in [0.2, 0.25) is 5.95 Å². The molecule has 0 fully saturated rings. The molecule has 18 heteroatoms. The molecule has 3 unspecified atom stereocenters. The largest absolute Gasteiger partial charge is 0.435 e. The summed E-state index contributed by atoms with van der Waals surface area (Å²) in [7, 11) is 0. The molecule has 1 aliphatic heterocycles. The number of aryl methyl sites for hydroxylation is 1. The van der Waals surface area contributed by atoms with Gasteiger partial charge < -0.3 is 4.84 Å². The van der Waals surface area contributed by atoms with E-state index < -0.39 is 67.6 Å². The van der Waals surface area contributed by atoms with Gasteiger partial charge in [0.25, 0.3) is 30.7 Å². The summed E-state index contributed by atoms with van der Waals surface area (Å²) in [6.07, 6.45) is -20.2. The molecule has 0 radical (unpaired) electrons. The Bertz CT molecular complexity index is 1530. The number of hydrogen-bond donors (Lipinski definition) is 1. The fourth-order valence-corrected chi connectivity index (χ4v) is 4.75. The maximum absolute atomic E-state index is 14.3. The van der Waals surface area contributed by atoms with E-state index in [-0.39, 0.29) is 42.7 Å². The van der Waals surface area contributed by atoms with Crippen LogP contribution < -0.4 is 5.32 Å². The van der Waals surface area contributed by atoms with Crippen LogP contribution in [0.4, 0.5) is 45.5 Å². The highest BCUT2D eigenvalue weighted by molar-refractivity contribution is 6.34. The number of nitrogens with zero attached hydrogens (tertiary/aromatic N) is 4. The number of halogens is 11. The fraction of sp³-hybridized carbons (Fsp3) is 0.360. The molecule has 2 aromatic carbocycles. The van der Waals surface area contributed by atoms with Gasteiger partial charge in [-0.1, -0.05) is 34.4 Å². The fourth-order valence-electron chi connectivity index (χ4n) is 4.23. The molecule has 0 bridgehead atoms. The lowest BCUT2D eigenvalue weighted by atomic mass is 9.86. The summed E-state index contributed by atoms with van der Waals surface area (Å²) in [4.78, 5) is 21.3. The Kier molecular flexibility index (Phi) is 9.21. The van der Waals surface area contributed by atoms with Gasteiger partial charge in [-0.3, -0.25) is 10.1 Å². The number of carbonyl (C=O) groups excluding carboxylic acids is 1. The molecular weight excluding hydrogens is 644 g/mol. The van der Waals surface area contributed by atoms with Gasteiger partial charge in [-0.15, -0.1) is 5.10 Å². The van der Waals surface area contributed by atoms with Gasteiger partial charge in [-0.2, -0.15) is 18.2 Å². The molecular formula is C25H18Cl2F9N5O2. The van der Waals surface area contributed by atoms with Gasteiger partial charge in [0.1, 0.15) is 5.82 Å². The van der Waals surface area contributed by atoms with Gasteiger partial charge in [0.15, 0.2) is 6.17 Å². The zero-order valence-electron chi connectivity index (χ0n) is 21.5. The first-order chi connectivity index (χ1) is 20.0. The standard InChI is InChI=1S/C25H18Cl2F9N5O2/c1-10-4-11(17-9-24(43-40-17,25(34,35)36)12-5-13(26)7-14(27)6-12)2-3-15(10)22(42)38-23-37-18(8-16(28)19(29)30)41(39-23)21(33)20(31)32/h2-7,16,19-21H,8-9H2,1H3,(H,38,39,42). The Morgan fingerprint density at radius 1 is 1.05 bits per heavy atom. The number of amides is 1. The Balaban J connectivity index is 1.57. The molecule has 0 saturated carbocycles. The van der Waals surface area contributed by atoms with E-state index in [0.717, 1.165) is 12.1 Å². The van der Waals surface area contributed by atoms with E-state index in [2.05, 4.69) is 20.6 Å². The molecule has 232 valence electrons. The van der Waals surface area contributed by atoms with Crippen LogP contribution in [-0.4, -0.2) is 51.6 Å². The molecule has 2 heterocycles. The van der Waals surface area contributed by atoms with E-state index >= 15 is 0 Å². The van der Waals surface area contributed by atoms with E-state index in [0.29, 0.717) is 0 Å². The van der Waals surface area contributed by atoms with Crippen molar-refractivity contribution in [2.24, 2.45) is 5.16 Å². The van der Waals surface area contributed by atoms with Crippen LogP contribution in [0.15, 0.2) is 41.6 Å². The van der Waals surface area contributed by atoms with Crippen molar-refractivity contribution in [3.63, 3.8) is 0 Å². The SMILES string of the molecule is Cc1cc(C2=NOC(c3cc(Cl)cc(Cl)c3)(C(F)(F)F)C2)ccc1C(=O)Nc1nc(CC(F)C(F)F)n(C(F)C(F)F)n1. The van der Waals surface area contributed by atoms with Crippen molar-refractivity contribution in [2.75, 3.05) is 5.32 Å². The summed E-state index contributed by atoms with van der Waals surface area (Å²) >= 11 is 11.8. The monoisotopic (exact) mass is 661 g/mol. The maximum atomic E-state index is 14.3. The lowest BCUT2D eigenvalue weighted by molar-refractivity contribution is -0.275. The van der Waals surface area contributed by atoms with Crippen molar-refractivity contribution in [2.45, 2.75) is 56.9 Å². The zero-order chi connectivity index (χ0) is 31.9. The third-order valence-corrected chi connectivity index (χ3v) is 6.78. The van der Waals surface area contributed by atoms with Crippen LogP contribution in [0.25, 0.3) is 0 Å². The summed E-state index contributed by atoms with van der Waals surface area (Å²) in [5, 5.41) is 8.93. The average Bonchev–Trinajstić information content (AvgIpc) is 3.53. The van der Waals surface area contributed by atoms with E-state index in [1.165, 1.54) is 31.2 Å².